The molecule has 1 aliphatic heterocycles. The van der Waals surface area contributed by atoms with E-state index in [2.05, 4.69) is 37.4 Å². The van der Waals surface area contributed by atoms with Crippen molar-refractivity contribution in [3.05, 3.63) is 93.2 Å². The monoisotopic (exact) mass is 460 g/mol. The van der Waals surface area contributed by atoms with Crippen molar-refractivity contribution in [2.45, 2.75) is 52.1 Å². The van der Waals surface area contributed by atoms with E-state index in [0.717, 1.165) is 24.0 Å². The van der Waals surface area contributed by atoms with Crippen LogP contribution in [0.5, 0.6) is 0 Å². The van der Waals surface area contributed by atoms with Gasteiger partial charge in [0.05, 0.1) is 12.5 Å². The van der Waals surface area contributed by atoms with E-state index in [-0.39, 0.29) is 30.4 Å². The van der Waals surface area contributed by atoms with Crippen LogP contribution in [0.1, 0.15) is 53.4 Å². The smallest absolute Gasteiger partial charge is 0.243 e. The number of thiophene rings is 1. The van der Waals surface area contributed by atoms with Crippen molar-refractivity contribution < 1.29 is 9.59 Å². The van der Waals surface area contributed by atoms with E-state index in [1.54, 1.807) is 16.2 Å². The molecule has 33 heavy (non-hydrogen) atoms. The van der Waals surface area contributed by atoms with Crippen molar-refractivity contribution in [1.29, 1.82) is 0 Å². The molecule has 4 rings (SSSR count). The van der Waals surface area contributed by atoms with Gasteiger partial charge in [-0.2, -0.15) is 0 Å². The lowest BCUT2D eigenvalue weighted by atomic mass is 9.90. The number of carbonyl (C=O) groups is 2. The van der Waals surface area contributed by atoms with Crippen LogP contribution in [0.15, 0.2) is 66.0 Å². The number of fused-ring (bicyclic) bond motifs is 1. The number of rotatable bonds is 7. The zero-order valence-corrected chi connectivity index (χ0v) is 20.5. The molecular formula is C28H32N2O2S. The molecule has 0 bridgehead atoms. The zero-order chi connectivity index (χ0) is 23.4. The number of nitrogens with zero attached hydrogens (tertiary/aromatic N) is 2. The van der Waals surface area contributed by atoms with Crippen molar-refractivity contribution in [3.63, 3.8) is 0 Å². The van der Waals surface area contributed by atoms with Gasteiger partial charge < -0.3 is 9.80 Å². The summed E-state index contributed by atoms with van der Waals surface area (Å²) in [6.07, 6.45) is 1.99. The molecule has 1 aliphatic rings. The third kappa shape index (κ3) is 5.03. The van der Waals surface area contributed by atoms with Crippen LogP contribution >= 0.6 is 11.3 Å². The second-order valence-corrected chi connectivity index (χ2v) is 9.84. The van der Waals surface area contributed by atoms with Gasteiger partial charge in [-0.25, -0.2) is 0 Å². The molecule has 4 nitrogen and oxygen atoms in total. The number of hydrogen-bond donors (Lipinski definition) is 0. The van der Waals surface area contributed by atoms with E-state index < -0.39 is 0 Å². The van der Waals surface area contributed by atoms with Gasteiger partial charge in [-0.15, -0.1) is 11.3 Å². The Morgan fingerprint density at radius 2 is 1.79 bits per heavy atom. The number of amides is 2. The van der Waals surface area contributed by atoms with Gasteiger partial charge in [-0.1, -0.05) is 61.5 Å². The predicted molar refractivity (Wildman–Crippen MR) is 134 cm³/mol. The Morgan fingerprint density at radius 3 is 2.52 bits per heavy atom. The van der Waals surface area contributed by atoms with Crippen molar-refractivity contribution >= 4 is 23.2 Å². The molecule has 5 heteroatoms. The Labute approximate surface area is 200 Å². The highest BCUT2D eigenvalue weighted by Crippen LogP contribution is 2.39. The average molecular weight is 461 g/mol. The lowest BCUT2D eigenvalue weighted by Crippen LogP contribution is -2.49. The Morgan fingerprint density at radius 1 is 1.06 bits per heavy atom. The molecule has 0 radical (unpaired) electrons. The SMILES string of the molecule is CCC(C)N(CC(=O)N1CCc2sccc2C1c1ccccc1C)C(=O)Cc1ccccc1. The minimum absolute atomic E-state index is 0.00331. The quantitative estimate of drug-likeness (QED) is 0.474. The summed E-state index contributed by atoms with van der Waals surface area (Å²) in [5, 5.41) is 2.12. The van der Waals surface area contributed by atoms with Crippen molar-refractivity contribution in [1.82, 2.24) is 9.80 Å². The van der Waals surface area contributed by atoms with Crippen molar-refractivity contribution in [2.75, 3.05) is 13.1 Å². The highest BCUT2D eigenvalue weighted by atomic mass is 32.1. The summed E-state index contributed by atoms with van der Waals surface area (Å²) >= 11 is 1.77. The Bertz CT molecular complexity index is 1110. The fourth-order valence-corrected chi connectivity index (χ4v) is 5.54. The van der Waals surface area contributed by atoms with E-state index in [1.165, 1.54) is 16.0 Å². The standard InChI is InChI=1S/C28H32N2O2S/c1-4-21(3)30(26(31)18-22-11-6-5-7-12-22)19-27(32)29-16-14-25-24(15-17-33-25)28(29)23-13-9-8-10-20(23)2/h5-13,15,17,21,28H,4,14,16,18-19H2,1-3H3. The third-order valence-electron chi connectivity index (χ3n) is 6.72. The van der Waals surface area contributed by atoms with E-state index in [1.807, 2.05) is 54.3 Å². The molecule has 0 fully saturated rings. The fourth-order valence-electron chi connectivity index (χ4n) is 4.63. The molecule has 0 N–H and O–H groups in total. The summed E-state index contributed by atoms with van der Waals surface area (Å²) in [7, 11) is 0. The third-order valence-corrected chi connectivity index (χ3v) is 7.71. The minimum Gasteiger partial charge on any atom is -0.330 e. The first kappa shape index (κ1) is 23.2. The van der Waals surface area contributed by atoms with Crippen LogP contribution in [-0.2, 0) is 22.4 Å². The van der Waals surface area contributed by atoms with E-state index >= 15 is 0 Å². The summed E-state index contributed by atoms with van der Waals surface area (Å²) in [4.78, 5) is 32.1. The normalized spacial score (nSPS) is 16.2. The molecule has 0 aliphatic carbocycles. The highest BCUT2D eigenvalue weighted by Gasteiger charge is 2.35. The molecule has 172 valence electrons. The van der Waals surface area contributed by atoms with Crippen LogP contribution in [0.25, 0.3) is 0 Å². The number of aryl methyl sites for hydroxylation is 1. The van der Waals surface area contributed by atoms with Crippen LogP contribution in [0.3, 0.4) is 0 Å². The van der Waals surface area contributed by atoms with E-state index in [4.69, 9.17) is 0 Å². The van der Waals surface area contributed by atoms with Gasteiger partial charge in [0.2, 0.25) is 11.8 Å². The molecule has 2 atom stereocenters. The second-order valence-electron chi connectivity index (χ2n) is 8.84. The summed E-state index contributed by atoms with van der Waals surface area (Å²) < 4.78 is 0. The summed E-state index contributed by atoms with van der Waals surface area (Å²) in [5.41, 5.74) is 4.54. The second kappa shape index (κ2) is 10.3. The Kier molecular flexibility index (Phi) is 7.29. The van der Waals surface area contributed by atoms with Crippen LogP contribution in [0.4, 0.5) is 0 Å². The summed E-state index contributed by atoms with van der Waals surface area (Å²) in [5.74, 6) is 0.0198. The predicted octanol–water partition coefficient (Wildman–Crippen LogP) is 5.40. The van der Waals surface area contributed by atoms with Gasteiger partial charge in [-0.3, -0.25) is 9.59 Å². The first-order valence-corrected chi connectivity index (χ1v) is 12.6. The lowest BCUT2D eigenvalue weighted by molar-refractivity contribution is -0.143. The molecule has 2 unspecified atom stereocenters. The van der Waals surface area contributed by atoms with Crippen molar-refractivity contribution in [2.24, 2.45) is 0 Å². The maximum absolute atomic E-state index is 13.7. The highest BCUT2D eigenvalue weighted by molar-refractivity contribution is 7.10. The van der Waals surface area contributed by atoms with Gasteiger partial charge in [0.1, 0.15) is 6.54 Å². The molecule has 0 saturated carbocycles. The molecular weight excluding hydrogens is 428 g/mol. The van der Waals surface area contributed by atoms with Crippen molar-refractivity contribution in [3.8, 4) is 0 Å². The Balaban J connectivity index is 1.60. The summed E-state index contributed by atoms with van der Waals surface area (Å²) in [6.45, 7) is 6.98. The molecule has 2 heterocycles. The maximum atomic E-state index is 13.7. The molecule has 2 aromatic carbocycles. The van der Waals surface area contributed by atoms with Gasteiger partial charge in [0.25, 0.3) is 0 Å². The van der Waals surface area contributed by atoms with Crippen LogP contribution in [0.2, 0.25) is 0 Å². The zero-order valence-electron chi connectivity index (χ0n) is 19.7. The fraction of sp³-hybridized carbons (Fsp3) is 0.357. The Hall–Kier alpha value is -2.92. The first-order chi connectivity index (χ1) is 16.0. The molecule has 1 aromatic heterocycles. The lowest BCUT2D eigenvalue weighted by Gasteiger charge is -2.39. The number of carbonyl (C=O) groups excluding carboxylic acids is 2. The average Bonchev–Trinajstić information content (AvgIpc) is 3.31. The van der Waals surface area contributed by atoms with Crippen LogP contribution < -0.4 is 0 Å². The largest absolute Gasteiger partial charge is 0.330 e. The first-order valence-electron chi connectivity index (χ1n) is 11.7. The molecule has 3 aromatic rings. The van der Waals surface area contributed by atoms with Crippen LogP contribution in [0, 0.1) is 6.92 Å². The van der Waals surface area contributed by atoms with E-state index in [0.29, 0.717) is 13.0 Å². The summed E-state index contributed by atoms with van der Waals surface area (Å²) in [6, 6.07) is 20.1. The topological polar surface area (TPSA) is 40.6 Å². The molecule has 2 amide bonds. The van der Waals surface area contributed by atoms with Gasteiger partial charge >= 0.3 is 0 Å². The van der Waals surface area contributed by atoms with Gasteiger partial charge in [0.15, 0.2) is 0 Å². The minimum atomic E-state index is -0.100. The molecule has 0 spiro atoms. The van der Waals surface area contributed by atoms with Crippen LogP contribution in [-0.4, -0.2) is 40.7 Å². The number of hydrogen-bond acceptors (Lipinski definition) is 3. The number of benzene rings is 2. The van der Waals surface area contributed by atoms with E-state index in [9.17, 15) is 9.59 Å². The van der Waals surface area contributed by atoms with Gasteiger partial charge in [-0.05, 0) is 60.4 Å². The van der Waals surface area contributed by atoms with Gasteiger partial charge in [0, 0.05) is 17.5 Å². The molecule has 0 saturated heterocycles. The maximum Gasteiger partial charge on any atom is 0.243 e.